The Kier molecular flexibility index (Phi) is 16.6. The number of halogens is 5. The van der Waals surface area contributed by atoms with E-state index in [1.165, 1.54) is 22.3 Å². The van der Waals surface area contributed by atoms with Gasteiger partial charge < -0.3 is 50.0 Å². The number of piperidine rings is 2. The van der Waals surface area contributed by atoms with Crippen molar-refractivity contribution in [1.82, 2.24) is 10.6 Å². The molecular weight excluding hydrogens is 1580 g/mol. The summed E-state index contributed by atoms with van der Waals surface area (Å²) in [4.78, 5) is -0.278. The summed E-state index contributed by atoms with van der Waals surface area (Å²) in [5, 5.41) is 53.2. The fourth-order valence-electron chi connectivity index (χ4n) is 17.1. The number of benzene rings is 2. The van der Waals surface area contributed by atoms with Crippen LogP contribution in [0.5, 0.6) is 23.0 Å². The molecule has 0 amide bonds. The molecule has 8 fully saturated rings. The second-order valence-corrected chi connectivity index (χ2v) is 71.1. The summed E-state index contributed by atoms with van der Waals surface area (Å²) in [5.41, 5.74) is 1.32. The van der Waals surface area contributed by atoms with Crippen LogP contribution >= 0.6 is 99.9 Å². The normalized spacial score (nSPS) is 40.4. The minimum atomic E-state index is -0.910. The van der Waals surface area contributed by atoms with Gasteiger partial charge in [-0.3, -0.25) is 0 Å². The molecule has 8 bridgehead atoms. The summed E-state index contributed by atoms with van der Waals surface area (Å²) in [6.07, 6.45) is 9.33. The Morgan fingerprint density at radius 2 is 0.971 bits per heavy atom. The topological polar surface area (TPSA) is 142 Å². The Morgan fingerprint density at radius 3 is 1.28 bits per heavy atom. The third-order valence-electron chi connectivity index (χ3n) is 20.8. The van der Waals surface area contributed by atoms with Crippen LogP contribution in [0.1, 0.15) is 129 Å². The van der Waals surface area contributed by atoms with Gasteiger partial charge in [0.25, 0.3) is 0 Å². The molecule has 4 spiro atoms. The molecule has 4 aliphatic heterocycles. The van der Waals surface area contributed by atoms with E-state index >= 15 is 0 Å². The zero-order chi connectivity index (χ0) is 48.9. The van der Waals surface area contributed by atoms with E-state index in [0.29, 0.717) is 33.0 Å². The summed E-state index contributed by atoms with van der Waals surface area (Å²) in [6.45, 7) is 18.7. The third kappa shape index (κ3) is 7.68. The molecule has 6 N–H and O–H groups in total. The van der Waals surface area contributed by atoms with Crippen molar-refractivity contribution in [1.29, 1.82) is 0 Å². The first kappa shape index (κ1) is 57.5. The summed E-state index contributed by atoms with van der Waals surface area (Å²) in [5.74, 6) is 1.77. The van der Waals surface area contributed by atoms with E-state index in [-0.39, 0.29) is 106 Å². The zero-order valence-corrected chi connectivity index (χ0v) is 57.5. The number of nitrogens with one attached hydrogen (secondary N) is 2. The van der Waals surface area contributed by atoms with Crippen LogP contribution in [0.3, 0.4) is 0 Å². The van der Waals surface area contributed by atoms with Gasteiger partial charge in [0.1, 0.15) is 23.4 Å². The molecule has 6 saturated carbocycles. The molecule has 2 saturated heterocycles. The third-order valence-corrected chi connectivity index (χ3v) is 20.8. The van der Waals surface area contributed by atoms with Gasteiger partial charge in [-0.25, -0.2) is 0 Å². The molecule has 12 aliphatic rings. The van der Waals surface area contributed by atoms with E-state index in [4.69, 9.17) is 18.9 Å². The molecule has 68 heavy (non-hydrogen) atoms. The van der Waals surface area contributed by atoms with Crippen LogP contribution in [-0.2, 0) is 80.2 Å². The van der Waals surface area contributed by atoms with Crippen molar-refractivity contribution in [2.24, 2.45) is 33.5 Å². The molecule has 2 aromatic carbocycles. The molecule has 376 valence electrons. The van der Waals surface area contributed by atoms with E-state index in [1.54, 1.807) is 26.4 Å². The first-order valence-electron chi connectivity index (χ1n) is 24.0. The number of phenols is 2. The summed E-state index contributed by atoms with van der Waals surface area (Å²) >= 11 is 12.1. The monoisotopic (exact) mass is 1650 g/mol. The Hall–Kier alpha value is 3.32. The van der Waals surface area contributed by atoms with Gasteiger partial charge >= 0.3 is 114 Å². The quantitative estimate of drug-likeness (QED) is 0.164. The maximum atomic E-state index is 12.0. The fourth-order valence-corrected chi connectivity index (χ4v) is 17.1. The average Bonchev–Trinajstić information content (AvgIpc) is 3.81. The van der Waals surface area contributed by atoms with Crippen LogP contribution in [0.4, 0.5) is 0 Å². The van der Waals surface area contributed by atoms with E-state index in [0.717, 1.165) is 77.3 Å². The Labute approximate surface area is 496 Å². The van der Waals surface area contributed by atoms with E-state index < -0.39 is 22.4 Å². The number of aromatic hydroxyl groups is 2. The number of hydrogen-bond acceptors (Lipinski definition) is 10. The number of fused-ring (bicyclic) bond motifs is 4. The zero-order valence-electron chi connectivity index (χ0n) is 41.0. The predicted molar refractivity (Wildman–Crippen MR) is 298 cm³/mol. The van der Waals surface area contributed by atoms with Crippen LogP contribution in [0.2, 0.25) is 0 Å². The van der Waals surface area contributed by atoms with Crippen LogP contribution < -0.4 is 20.1 Å². The largest absolute Gasteiger partial charge is 0 e. The fraction of sp³-hybridized carbons (Fsp3) is 0.760. The minimum absolute atomic E-state index is 0. The smallest absolute Gasteiger partial charge is 0 e. The molecular formula is C50H70I5N2O8V2Y. The number of phenolic OH excluding ortho intramolecular Hbond substituents is 2. The average molecular weight is 1650 g/mol. The van der Waals surface area contributed by atoms with Crippen molar-refractivity contribution in [3.05, 3.63) is 46.5 Å². The summed E-state index contributed by atoms with van der Waals surface area (Å²) < 4.78 is 26.4. The van der Waals surface area contributed by atoms with Gasteiger partial charge in [-0.15, -0.1) is 0 Å². The molecule has 14 unspecified atom stereocenters. The minimum Gasteiger partial charge on any atom is 0 e. The van der Waals surface area contributed by atoms with Crippen molar-refractivity contribution >= 4 is 99.9 Å². The van der Waals surface area contributed by atoms with Gasteiger partial charge in [0.2, 0.25) is 0 Å². The first-order chi connectivity index (χ1) is 31.2. The van der Waals surface area contributed by atoms with Crippen LogP contribution in [0, 0.1) is 33.5 Å². The molecule has 1 radical (unpaired) electrons. The van der Waals surface area contributed by atoms with Crippen molar-refractivity contribution < 1.29 is 86.5 Å². The first-order valence-corrected chi connectivity index (χ1v) is 46.5. The summed E-state index contributed by atoms with van der Waals surface area (Å²) in [7, 11) is 4.23. The molecule has 18 heteroatoms. The molecule has 14 atom stereocenters. The molecule has 4 heterocycles. The molecule has 2 aromatic rings. The van der Waals surface area contributed by atoms with Crippen molar-refractivity contribution in [3.8, 4) is 23.0 Å². The van der Waals surface area contributed by atoms with Crippen molar-refractivity contribution in [2.45, 2.75) is 177 Å². The SMILES string of the molecule is COC12CCC3(CC1C(C)(O)C(C)(C)C)C1Cc4ccc(O)c5c4C3(CCN1)C2O5.COC12CCC3(CC1C(C)(O)C(C)(C)C)C1Cc4ccc(O)c5c4C3(CCN1)C2O5.[I][V]([I])[I].[I][V][I].[Y]. The van der Waals surface area contributed by atoms with Crippen LogP contribution in [0.15, 0.2) is 24.3 Å². The van der Waals surface area contributed by atoms with Gasteiger partial charge in [0.05, 0.1) is 11.2 Å². The van der Waals surface area contributed by atoms with Crippen LogP contribution in [-0.4, -0.2) is 94.4 Å². The predicted octanol–water partition coefficient (Wildman–Crippen LogP) is 11.0. The summed E-state index contributed by atoms with van der Waals surface area (Å²) in [6, 6.07) is 8.51. The second kappa shape index (κ2) is 19.6. The van der Waals surface area contributed by atoms with E-state index in [2.05, 4.69) is 164 Å². The van der Waals surface area contributed by atoms with Gasteiger partial charge in [-0.2, -0.15) is 0 Å². The Morgan fingerprint density at radius 1 is 0.632 bits per heavy atom. The van der Waals surface area contributed by atoms with Crippen molar-refractivity contribution in [2.75, 3.05) is 27.3 Å². The van der Waals surface area contributed by atoms with Gasteiger partial charge in [-0.05, 0) is 125 Å². The van der Waals surface area contributed by atoms with Gasteiger partial charge in [0, 0.05) is 104 Å². The van der Waals surface area contributed by atoms with Crippen molar-refractivity contribution in [3.63, 3.8) is 0 Å². The number of methoxy groups -OCH3 is 2. The van der Waals surface area contributed by atoms with Gasteiger partial charge in [0.15, 0.2) is 23.0 Å². The Balaban J connectivity index is 0.000000160. The maximum absolute atomic E-state index is 12.0. The maximum Gasteiger partial charge on any atom is 0 e. The van der Waals surface area contributed by atoms with E-state index in [9.17, 15) is 20.4 Å². The molecule has 0 aromatic heterocycles. The number of aliphatic hydroxyl groups is 2. The number of rotatable bonds is 4. The van der Waals surface area contributed by atoms with E-state index in [1.807, 2.05) is 13.8 Å². The number of hydrogen-bond donors (Lipinski definition) is 6. The van der Waals surface area contributed by atoms with Crippen LogP contribution in [0.25, 0.3) is 0 Å². The molecule has 14 rings (SSSR count). The molecule has 10 nitrogen and oxygen atoms in total. The second-order valence-electron chi connectivity index (χ2n) is 24.0. The molecule has 8 aliphatic carbocycles. The standard InChI is InChI=1S/2C25H35NO4.5HI.2V.Y/c2*1-21(2,3)22(4,28)16-13-23-8-9-25(16,29-5)20-24(23)10-11-26-17(23)12-14-6-7-15(27)19(30-20)18(14)24;;;;;;;;/h2*6-7,16-17,20,26-28H,8-13H2,1-5H3;5*1H;;;/q;;;;;;;+2;+3;/p-5. The van der Waals surface area contributed by atoms with Gasteiger partial charge in [-0.1, -0.05) is 53.7 Å². The number of ether oxygens (including phenoxy) is 4. The Bertz CT molecular complexity index is 2130.